The molecule has 2 aliphatic heterocycles. The lowest BCUT2D eigenvalue weighted by Crippen LogP contribution is -2.41. The molecule has 2 heterocycles. The number of hydrogen-bond acceptors (Lipinski definition) is 2. The summed E-state index contributed by atoms with van der Waals surface area (Å²) < 4.78 is 0. The van der Waals surface area contributed by atoms with Crippen LogP contribution in [0, 0.1) is 0 Å². The van der Waals surface area contributed by atoms with Gasteiger partial charge >= 0.3 is 0 Å². The Bertz CT molecular complexity index is 205. The second-order valence-electron chi connectivity index (χ2n) is 4.22. The zero-order valence-corrected chi connectivity index (χ0v) is 8.33. The van der Waals surface area contributed by atoms with Gasteiger partial charge in [0.2, 0.25) is 5.91 Å². The molecule has 0 aromatic carbocycles. The van der Waals surface area contributed by atoms with Crippen LogP contribution in [0.5, 0.6) is 0 Å². The van der Waals surface area contributed by atoms with E-state index in [1.54, 1.807) is 0 Å². The first-order valence-electron chi connectivity index (χ1n) is 5.25. The van der Waals surface area contributed by atoms with Gasteiger partial charge in [-0.05, 0) is 25.8 Å². The number of amides is 1. The van der Waals surface area contributed by atoms with E-state index in [0.717, 1.165) is 13.1 Å². The van der Waals surface area contributed by atoms with Gasteiger partial charge in [-0.3, -0.25) is 9.69 Å². The Morgan fingerprint density at radius 2 is 2.08 bits per heavy atom. The van der Waals surface area contributed by atoms with E-state index < -0.39 is 0 Å². The highest BCUT2D eigenvalue weighted by atomic mass is 16.2. The van der Waals surface area contributed by atoms with Gasteiger partial charge in [-0.15, -0.1) is 0 Å². The van der Waals surface area contributed by atoms with Gasteiger partial charge in [-0.25, -0.2) is 0 Å². The number of carbonyl (C=O) groups excluding carboxylic acids is 1. The third-order valence-corrected chi connectivity index (χ3v) is 3.31. The summed E-state index contributed by atoms with van der Waals surface area (Å²) in [6.45, 7) is 2.73. The molecule has 0 saturated carbocycles. The number of piperidine rings is 1. The first kappa shape index (κ1) is 9.00. The van der Waals surface area contributed by atoms with Crippen molar-refractivity contribution in [3.8, 4) is 0 Å². The molecule has 2 saturated heterocycles. The van der Waals surface area contributed by atoms with Crippen molar-refractivity contribution in [3.63, 3.8) is 0 Å². The quantitative estimate of drug-likeness (QED) is 0.550. The molecule has 3 heteroatoms. The minimum atomic E-state index is 0.296. The van der Waals surface area contributed by atoms with Crippen molar-refractivity contribution in [2.75, 3.05) is 26.7 Å². The van der Waals surface area contributed by atoms with E-state index in [-0.39, 0.29) is 0 Å². The molecule has 0 N–H and O–H groups in total. The van der Waals surface area contributed by atoms with Crippen LogP contribution in [0.1, 0.15) is 25.7 Å². The fourth-order valence-electron chi connectivity index (χ4n) is 2.36. The standard InChI is InChI=1S/C10H18N2O/c1-11-7-5-9-4-2-3-6-12(9)8-10(11)13/h9H,2-8H2,1H3. The van der Waals surface area contributed by atoms with Gasteiger partial charge in [-0.1, -0.05) is 6.42 Å². The zero-order valence-electron chi connectivity index (χ0n) is 8.33. The van der Waals surface area contributed by atoms with Crippen LogP contribution in [0.2, 0.25) is 0 Å². The molecular formula is C10H18N2O. The zero-order chi connectivity index (χ0) is 9.26. The average molecular weight is 182 g/mol. The van der Waals surface area contributed by atoms with Crippen LogP contribution in [0.25, 0.3) is 0 Å². The van der Waals surface area contributed by atoms with Gasteiger partial charge in [0.05, 0.1) is 6.54 Å². The summed E-state index contributed by atoms with van der Waals surface area (Å²) in [6, 6.07) is 0.683. The molecule has 1 amide bonds. The SMILES string of the molecule is CN1CCC2CCCCN2CC1=O. The van der Waals surface area contributed by atoms with Crippen LogP contribution in [0.15, 0.2) is 0 Å². The van der Waals surface area contributed by atoms with Crippen LogP contribution in [-0.2, 0) is 4.79 Å². The molecule has 0 radical (unpaired) electrons. The van der Waals surface area contributed by atoms with Crippen LogP contribution >= 0.6 is 0 Å². The van der Waals surface area contributed by atoms with Crippen molar-refractivity contribution in [1.29, 1.82) is 0 Å². The third-order valence-electron chi connectivity index (χ3n) is 3.31. The molecule has 0 aromatic rings. The third kappa shape index (κ3) is 1.85. The highest BCUT2D eigenvalue weighted by Gasteiger charge is 2.28. The molecule has 0 aromatic heterocycles. The molecule has 0 aliphatic carbocycles. The Kier molecular flexibility index (Phi) is 2.54. The Hall–Kier alpha value is -0.570. The molecule has 2 aliphatic rings. The van der Waals surface area contributed by atoms with E-state index in [1.165, 1.54) is 25.7 Å². The maximum Gasteiger partial charge on any atom is 0.236 e. The maximum absolute atomic E-state index is 11.6. The minimum Gasteiger partial charge on any atom is -0.345 e. The van der Waals surface area contributed by atoms with Crippen molar-refractivity contribution in [3.05, 3.63) is 0 Å². The molecule has 13 heavy (non-hydrogen) atoms. The second-order valence-corrected chi connectivity index (χ2v) is 4.22. The van der Waals surface area contributed by atoms with Crippen LogP contribution in [0.4, 0.5) is 0 Å². The van der Waals surface area contributed by atoms with Crippen LogP contribution < -0.4 is 0 Å². The molecule has 74 valence electrons. The van der Waals surface area contributed by atoms with E-state index in [9.17, 15) is 4.79 Å². The summed E-state index contributed by atoms with van der Waals surface area (Å²) in [7, 11) is 1.92. The highest BCUT2D eigenvalue weighted by molar-refractivity contribution is 5.78. The van der Waals surface area contributed by atoms with Crippen molar-refractivity contribution >= 4 is 5.91 Å². The predicted octanol–water partition coefficient (Wildman–Crippen LogP) is 0.703. The lowest BCUT2D eigenvalue weighted by atomic mass is 10.00. The molecule has 0 bridgehead atoms. The smallest absolute Gasteiger partial charge is 0.236 e. The Morgan fingerprint density at radius 3 is 2.92 bits per heavy atom. The topological polar surface area (TPSA) is 23.6 Å². The summed E-state index contributed by atoms with van der Waals surface area (Å²) in [5.74, 6) is 0.296. The molecular weight excluding hydrogens is 164 g/mol. The summed E-state index contributed by atoms with van der Waals surface area (Å²) in [4.78, 5) is 15.8. The van der Waals surface area contributed by atoms with Crippen molar-refractivity contribution < 1.29 is 4.79 Å². The number of hydrogen-bond donors (Lipinski definition) is 0. The van der Waals surface area contributed by atoms with Gasteiger partial charge in [0.1, 0.15) is 0 Å². The monoisotopic (exact) mass is 182 g/mol. The maximum atomic E-state index is 11.6. The normalized spacial score (nSPS) is 31.3. The molecule has 2 rings (SSSR count). The number of likely N-dealkylation sites (N-methyl/N-ethyl adjacent to an activating group) is 1. The summed E-state index contributed by atoms with van der Waals surface area (Å²) in [5.41, 5.74) is 0. The van der Waals surface area contributed by atoms with E-state index in [4.69, 9.17) is 0 Å². The molecule has 1 atom stereocenters. The van der Waals surface area contributed by atoms with Gasteiger partial charge in [0, 0.05) is 19.6 Å². The van der Waals surface area contributed by atoms with E-state index in [1.807, 2.05) is 11.9 Å². The van der Waals surface area contributed by atoms with Crippen molar-refractivity contribution in [1.82, 2.24) is 9.80 Å². The number of fused-ring (bicyclic) bond motifs is 1. The fraction of sp³-hybridized carbons (Fsp3) is 0.900. The molecule has 1 unspecified atom stereocenters. The number of nitrogens with zero attached hydrogens (tertiary/aromatic N) is 2. The number of rotatable bonds is 0. The minimum absolute atomic E-state index is 0.296. The molecule has 3 nitrogen and oxygen atoms in total. The van der Waals surface area contributed by atoms with Gasteiger partial charge in [-0.2, -0.15) is 0 Å². The molecule has 0 spiro atoms. The van der Waals surface area contributed by atoms with Crippen LogP contribution in [-0.4, -0.2) is 48.4 Å². The lowest BCUT2D eigenvalue weighted by Gasteiger charge is -2.32. The van der Waals surface area contributed by atoms with Crippen molar-refractivity contribution in [2.24, 2.45) is 0 Å². The van der Waals surface area contributed by atoms with Crippen LogP contribution in [0.3, 0.4) is 0 Å². The van der Waals surface area contributed by atoms with E-state index in [2.05, 4.69) is 4.90 Å². The largest absolute Gasteiger partial charge is 0.345 e. The highest BCUT2D eigenvalue weighted by Crippen LogP contribution is 2.21. The van der Waals surface area contributed by atoms with E-state index in [0.29, 0.717) is 18.5 Å². The van der Waals surface area contributed by atoms with E-state index >= 15 is 0 Å². The fourth-order valence-corrected chi connectivity index (χ4v) is 2.36. The Morgan fingerprint density at radius 1 is 1.23 bits per heavy atom. The Balaban J connectivity index is 2.04. The average Bonchev–Trinajstić information content (AvgIpc) is 2.28. The predicted molar refractivity (Wildman–Crippen MR) is 51.5 cm³/mol. The van der Waals surface area contributed by atoms with Gasteiger partial charge in [0.25, 0.3) is 0 Å². The second kappa shape index (κ2) is 3.66. The van der Waals surface area contributed by atoms with Gasteiger partial charge < -0.3 is 4.90 Å². The molecule has 2 fully saturated rings. The van der Waals surface area contributed by atoms with Gasteiger partial charge in [0.15, 0.2) is 0 Å². The summed E-state index contributed by atoms with van der Waals surface area (Å²) >= 11 is 0. The lowest BCUT2D eigenvalue weighted by molar-refractivity contribution is -0.130. The van der Waals surface area contributed by atoms with Crippen molar-refractivity contribution in [2.45, 2.75) is 31.7 Å². The Labute approximate surface area is 79.7 Å². The summed E-state index contributed by atoms with van der Waals surface area (Å²) in [6.07, 6.45) is 5.08. The first-order valence-corrected chi connectivity index (χ1v) is 5.25. The first-order chi connectivity index (χ1) is 6.27. The number of carbonyl (C=O) groups is 1. The summed E-state index contributed by atoms with van der Waals surface area (Å²) in [5, 5.41) is 0.